The van der Waals surface area contributed by atoms with Crippen LogP contribution in [0.25, 0.3) is 11.1 Å². The summed E-state index contributed by atoms with van der Waals surface area (Å²) in [6.45, 7) is 10.8. The topological polar surface area (TPSA) is 69.7 Å². The number of piperazine rings is 1. The summed E-state index contributed by atoms with van der Waals surface area (Å²) >= 11 is 0. The Morgan fingerprint density at radius 1 is 0.854 bits per heavy atom. The van der Waals surface area contributed by atoms with E-state index in [-0.39, 0.29) is 6.03 Å². The van der Waals surface area contributed by atoms with Crippen molar-refractivity contribution in [3.63, 3.8) is 0 Å². The molecule has 41 heavy (non-hydrogen) atoms. The van der Waals surface area contributed by atoms with Crippen LogP contribution in [0.15, 0.2) is 97.3 Å². The maximum Gasteiger partial charge on any atom is 0.319 e. The molecule has 1 aliphatic rings. The molecule has 2 amide bonds. The lowest BCUT2D eigenvalue weighted by Crippen LogP contribution is -2.48. The lowest BCUT2D eigenvalue weighted by atomic mass is 9.95. The number of carbonyl (C=O) groups is 1. The Balaban J connectivity index is 1.19. The third kappa shape index (κ3) is 7.93. The van der Waals surface area contributed by atoms with Crippen molar-refractivity contribution in [2.75, 3.05) is 31.5 Å². The van der Waals surface area contributed by atoms with Crippen LogP contribution in [0.3, 0.4) is 0 Å². The van der Waals surface area contributed by atoms with Gasteiger partial charge in [0.1, 0.15) is 12.4 Å². The van der Waals surface area contributed by atoms with Crippen molar-refractivity contribution in [2.45, 2.75) is 39.6 Å². The van der Waals surface area contributed by atoms with Gasteiger partial charge in [-0.25, -0.2) is 4.79 Å². The number of nitrogens with one attached hydrogen (secondary N) is 2. The molecule has 2 heterocycles. The largest absolute Gasteiger partial charge is 0.489 e. The Morgan fingerprint density at radius 3 is 2.22 bits per heavy atom. The minimum atomic E-state index is -0.267. The summed E-state index contributed by atoms with van der Waals surface area (Å²) < 4.78 is 6.19. The van der Waals surface area contributed by atoms with Gasteiger partial charge in [-0.1, -0.05) is 54.6 Å². The zero-order chi connectivity index (χ0) is 28.4. The second-order valence-corrected chi connectivity index (χ2v) is 10.7. The van der Waals surface area contributed by atoms with Gasteiger partial charge in [-0.05, 0) is 72.0 Å². The van der Waals surface area contributed by atoms with Crippen LogP contribution in [0.5, 0.6) is 5.75 Å². The van der Waals surface area contributed by atoms with Crippen LogP contribution in [0, 0.1) is 0 Å². The van der Waals surface area contributed by atoms with Crippen LogP contribution in [-0.4, -0.2) is 53.0 Å². The van der Waals surface area contributed by atoms with Crippen LogP contribution in [0.2, 0.25) is 0 Å². The van der Waals surface area contributed by atoms with E-state index in [1.54, 1.807) is 12.4 Å². The molecule has 0 aliphatic carbocycles. The number of urea groups is 1. The molecule has 5 rings (SSSR count). The average molecular weight is 550 g/mol. The second kappa shape index (κ2) is 13.9. The molecule has 0 bridgehead atoms. The molecule has 1 aromatic heterocycles. The van der Waals surface area contributed by atoms with Crippen LogP contribution in [-0.2, 0) is 19.7 Å². The molecule has 0 unspecified atom stereocenters. The van der Waals surface area contributed by atoms with Gasteiger partial charge >= 0.3 is 6.03 Å². The summed E-state index contributed by atoms with van der Waals surface area (Å²) in [4.78, 5) is 21.4. The van der Waals surface area contributed by atoms with E-state index in [9.17, 15) is 4.79 Å². The first-order valence-electron chi connectivity index (χ1n) is 14.3. The fourth-order valence-electron chi connectivity index (χ4n) is 5.16. The molecule has 0 saturated carbocycles. The van der Waals surface area contributed by atoms with Crippen LogP contribution in [0.1, 0.15) is 30.5 Å². The van der Waals surface area contributed by atoms with Crippen molar-refractivity contribution in [3.8, 4) is 16.9 Å². The summed E-state index contributed by atoms with van der Waals surface area (Å²) in [7, 11) is 0. The molecular formula is C34H39N5O2. The quantitative estimate of drug-likeness (QED) is 0.247. The number of nitrogens with zero attached hydrogens (tertiary/aromatic N) is 3. The summed E-state index contributed by atoms with van der Waals surface area (Å²) in [5.41, 5.74) is 6.59. The van der Waals surface area contributed by atoms with Crippen LogP contribution in [0.4, 0.5) is 10.5 Å². The number of pyridine rings is 1. The molecule has 0 radical (unpaired) electrons. The minimum absolute atomic E-state index is 0.267. The maximum absolute atomic E-state index is 12.3. The lowest BCUT2D eigenvalue weighted by molar-refractivity contribution is 0.104. The molecule has 1 saturated heterocycles. The first-order valence-corrected chi connectivity index (χ1v) is 14.3. The van der Waals surface area contributed by atoms with Crippen molar-refractivity contribution in [3.05, 3.63) is 114 Å². The number of hydrogen-bond acceptors (Lipinski definition) is 5. The summed E-state index contributed by atoms with van der Waals surface area (Å²) in [5.74, 6) is 0.748. The third-order valence-corrected chi connectivity index (χ3v) is 7.54. The number of ether oxygens (including phenoxy) is 1. The van der Waals surface area contributed by atoms with E-state index >= 15 is 0 Å². The maximum atomic E-state index is 12.3. The molecule has 1 fully saturated rings. The predicted octanol–water partition coefficient (Wildman–Crippen LogP) is 6.18. The summed E-state index contributed by atoms with van der Waals surface area (Å²) in [6.07, 6.45) is 3.44. The Bertz CT molecular complexity index is 1400. The first-order chi connectivity index (χ1) is 20.0. The van der Waals surface area contributed by atoms with Crippen LogP contribution < -0.4 is 15.4 Å². The Morgan fingerprint density at radius 2 is 1.54 bits per heavy atom. The zero-order valence-electron chi connectivity index (χ0n) is 23.9. The van der Waals surface area contributed by atoms with Crippen molar-refractivity contribution >= 4 is 11.7 Å². The van der Waals surface area contributed by atoms with Gasteiger partial charge in [0, 0.05) is 63.4 Å². The fourth-order valence-corrected chi connectivity index (χ4v) is 5.16. The molecular weight excluding hydrogens is 510 g/mol. The second-order valence-electron chi connectivity index (χ2n) is 10.7. The van der Waals surface area contributed by atoms with Gasteiger partial charge < -0.3 is 15.4 Å². The van der Waals surface area contributed by atoms with E-state index in [0.29, 0.717) is 24.9 Å². The van der Waals surface area contributed by atoms with E-state index in [2.05, 4.69) is 87.8 Å². The molecule has 7 nitrogen and oxygen atoms in total. The first kappa shape index (κ1) is 28.3. The number of hydrogen-bond donors (Lipinski definition) is 2. The van der Waals surface area contributed by atoms with E-state index in [1.165, 1.54) is 16.7 Å². The van der Waals surface area contributed by atoms with Gasteiger partial charge in [0.2, 0.25) is 0 Å². The standard InChI is InChI=1S/C34H39N5O2/c1-26(2)39-20-18-38(19-21-39)24-28-9-3-5-11-32(28)33-12-6-4-10-29(33)25-41-31-15-13-30(14-16-31)37-34(40)36-23-27-8-7-17-35-22-27/h3-17,22,26H,18-21,23-25H2,1-2H3,(H2,36,37,40). The number of benzene rings is 3. The minimum Gasteiger partial charge on any atom is -0.489 e. The van der Waals surface area contributed by atoms with Crippen molar-refractivity contribution in [1.82, 2.24) is 20.1 Å². The number of aromatic nitrogens is 1. The molecule has 3 aromatic carbocycles. The normalized spacial score (nSPS) is 14.1. The highest BCUT2D eigenvalue weighted by Crippen LogP contribution is 2.29. The molecule has 0 atom stereocenters. The van der Waals surface area contributed by atoms with E-state index in [1.807, 2.05) is 36.4 Å². The molecule has 7 heteroatoms. The lowest BCUT2D eigenvalue weighted by Gasteiger charge is -2.37. The smallest absolute Gasteiger partial charge is 0.319 e. The van der Waals surface area contributed by atoms with E-state index in [0.717, 1.165) is 49.6 Å². The summed E-state index contributed by atoms with van der Waals surface area (Å²) in [5, 5.41) is 5.70. The Kier molecular flexibility index (Phi) is 9.62. The highest BCUT2D eigenvalue weighted by molar-refractivity contribution is 5.89. The number of rotatable bonds is 10. The third-order valence-electron chi connectivity index (χ3n) is 7.54. The molecule has 212 valence electrons. The number of anilines is 1. The molecule has 4 aromatic rings. The van der Waals surface area contributed by atoms with Gasteiger partial charge in [-0.15, -0.1) is 0 Å². The number of carbonyl (C=O) groups excluding carboxylic acids is 1. The van der Waals surface area contributed by atoms with Gasteiger partial charge in [0.15, 0.2) is 0 Å². The van der Waals surface area contributed by atoms with E-state index in [4.69, 9.17) is 4.74 Å². The van der Waals surface area contributed by atoms with Gasteiger partial charge in [0.05, 0.1) is 0 Å². The fraction of sp³-hybridized carbons (Fsp3) is 0.294. The summed E-state index contributed by atoms with van der Waals surface area (Å²) in [6, 6.07) is 28.8. The van der Waals surface area contributed by atoms with Gasteiger partial charge in [-0.2, -0.15) is 0 Å². The highest BCUT2D eigenvalue weighted by Gasteiger charge is 2.20. The molecule has 0 spiro atoms. The van der Waals surface area contributed by atoms with E-state index < -0.39 is 0 Å². The number of amides is 2. The SMILES string of the molecule is CC(C)N1CCN(Cc2ccccc2-c2ccccc2COc2ccc(NC(=O)NCc3cccnc3)cc2)CC1. The van der Waals surface area contributed by atoms with Crippen LogP contribution >= 0.6 is 0 Å². The molecule has 2 N–H and O–H groups in total. The van der Waals surface area contributed by atoms with Crippen molar-refractivity contribution in [2.24, 2.45) is 0 Å². The Labute approximate surface area is 243 Å². The predicted molar refractivity (Wildman–Crippen MR) is 165 cm³/mol. The Hall–Kier alpha value is -4.20. The van der Waals surface area contributed by atoms with Gasteiger partial charge in [-0.3, -0.25) is 14.8 Å². The zero-order valence-corrected chi connectivity index (χ0v) is 23.9. The average Bonchev–Trinajstić information content (AvgIpc) is 3.01. The van der Waals surface area contributed by atoms with Crippen molar-refractivity contribution < 1.29 is 9.53 Å². The molecule has 1 aliphatic heterocycles. The van der Waals surface area contributed by atoms with Crippen molar-refractivity contribution in [1.29, 1.82) is 0 Å². The highest BCUT2D eigenvalue weighted by atomic mass is 16.5. The van der Waals surface area contributed by atoms with Gasteiger partial charge in [0.25, 0.3) is 0 Å². The monoisotopic (exact) mass is 549 g/mol.